The molecule has 6 heteroatoms. The highest BCUT2D eigenvalue weighted by Crippen LogP contribution is 2.41. The van der Waals surface area contributed by atoms with Gasteiger partial charge >= 0.3 is 5.97 Å². The van der Waals surface area contributed by atoms with Crippen molar-refractivity contribution in [3.8, 4) is 22.8 Å². The Morgan fingerprint density at radius 1 is 1.00 bits per heavy atom. The van der Waals surface area contributed by atoms with E-state index in [-0.39, 0.29) is 18.5 Å². The molecule has 3 aromatic rings. The summed E-state index contributed by atoms with van der Waals surface area (Å²) in [4.78, 5) is 29.1. The van der Waals surface area contributed by atoms with Crippen molar-refractivity contribution in [2.75, 3.05) is 11.9 Å². The maximum atomic E-state index is 13.1. The fourth-order valence-electron chi connectivity index (χ4n) is 3.81. The van der Waals surface area contributed by atoms with Crippen molar-refractivity contribution in [1.29, 1.82) is 0 Å². The monoisotopic (exact) mass is 428 g/mol. The average Bonchev–Trinajstić information content (AvgIpc) is 2.81. The molecule has 6 nitrogen and oxygen atoms in total. The number of hydrogen-bond donors (Lipinski definition) is 1. The van der Waals surface area contributed by atoms with Crippen LogP contribution in [0, 0.1) is 20.8 Å². The Morgan fingerprint density at radius 2 is 1.75 bits per heavy atom. The van der Waals surface area contributed by atoms with Gasteiger partial charge in [-0.25, -0.2) is 0 Å². The molecular weight excluding hydrogens is 404 g/mol. The number of rotatable bonds is 4. The second-order valence-electron chi connectivity index (χ2n) is 7.71. The predicted molar refractivity (Wildman–Crippen MR) is 124 cm³/mol. The van der Waals surface area contributed by atoms with Gasteiger partial charge in [0.15, 0.2) is 0 Å². The number of carbonyl (C=O) groups is 2. The molecule has 32 heavy (non-hydrogen) atoms. The number of nitrogens with zero attached hydrogens (tertiary/aromatic N) is 1. The maximum absolute atomic E-state index is 13.1. The summed E-state index contributed by atoms with van der Waals surface area (Å²) in [5.74, 6) is 0.572. The van der Waals surface area contributed by atoms with Crippen LogP contribution in [-0.2, 0) is 9.59 Å². The van der Waals surface area contributed by atoms with E-state index in [9.17, 15) is 9.59 Å². The van der Waals surface area contributed by atoms with Crippen LogP contribution in [0.5, 0.6) is 11.5 Å². The molecule has 0 atom stereocenters. The van der Waals surface area contributed by atoms with Crippen molar-refractivity contribution in [3.05, 3.63) is 76.5 Å². The third-order valence-electron chi connectivity index (χ3n) is 5.58. The summed E-state index contributed by atoms with van der Waals surface area (Å²) in [5, 5.41) is 2.99. The van der Waals surface area contributed by atoms with Crippen molar-refractivity contribution in [1.82, 2.24) is 4.98 Å². The molecule has 0 bridgehead atoms. The normalized spacial score (nSPS) is 12.3. The number of esters is 1. The van der Waals surface area contributed by atoms with Gasteiger partial charge in [0.1, 0.15) is 18.1 Å². The van der Waals surface area contributed by atoms with Gasteiger partial charge in [0.05, 0.1) is 17.0 Å². The van der Waals surface area contributed by atoms with Crippen LogP contribution in [0.25, 0.3) is 17.3 Å². The molecule has 0 aliphatic carbocycles. The second-order valence-corrected chi connectivity index (χ2v) is 7.71. The molecule has 2 heterocycles. The zero-order valence-corrected chi connectivity index (χ0v) is 18.5. The Balaban J connectivity index is 1.69. The van der Waals surface area contributed by atoms with E-state index < -0.39 is 0 Å². The molecule has 1 amide bonds. The van der Waals surface area contributed by atoms with Crippen molar-refractivity contribution in [2.24, 2.45) is 0 Å². The third-order valence-corrected chi connectivity index (χ3v) is 5.58. The molecule has 1 N–H and O–H groups in total. The second kappa shape index (κ2) is 8.67. The molecule has 0 spiro atoms. The Bertz CT molecular complexity index is 1250. The number of para-hydroxylation sites is 1. The van der Waals surface area contributed by atoms with Crippen LogP contribution in [-0.4, -0.2) is 23.5 Å². The lowest BCUT2D eigenvalue weighted by molar-refractivity contribution is -0.132. The Kier molecular flexibility index (Phi) is 5.77. The van der Waals surface area contributed by atoms with Crippen LogP contribution >= 0.6 is 0 Å². The topological polar surface area (TPSA) is 77.5 Å². The molecule has 0 saturated heterocycles. The third kappa shape index (κ3) is 3.99. The van der Waals surface area contributed by atoms with Gasteiger partial charge < -0.3 is 14.8 Å². The first kappa shape index (κ1) is 21.3. The highest BCUT2D eigenvalue weighted by atomic mass is 16.5. The summed E-state index contributed by atoms with van der Waals surface area (Å²) in [6.07, 6.45) is 3.53. The number of amides is 1. The predicted octanol–water partition coefficient (Wildman–Crippen LogP) is 5.01. The fraction of sp³-hybridized carbons (Fsp3) is 0.192. The number of pyridine rings is 1. The average molecular weight is 428 g/mol. The van der Waals surface area contributed by atoms with E-state index >= 15 is 0 Å². The standard InChI is InChI=1S/C26H24N2O4/c1-15-16(2)25-21(17(3)24(15)32-18(4)29)13-19(14-31-25)26(30)28-23-11-6-5-9-20(23)22-10-7-8-12-27-22/h5-13H,14H2,1-4H3,(H,28,30). The molecule has 162 valence electrons. The number of nitrogens with one attached hydrogen (secondary N) is 1. The van der Waals surface area contributed by atoms with Crippen LogP contribution in [0.2, 0.25) is 0 Å². The van der Waals surface area contributed by atoms with E-state index in [1.807, 2.05) is 69.3 Å². The minimum atomic E-state index is -0.389. The van der Waals surface area contributed by atoms with Crippen molar-refractivity contribution < 1.29 is 19.1 Å². The van der Waals surface area contributed by atoms with Crippen LogP contribution in [0.3, 0.4) is 0 Å². The van der Waals surface area contributed by atoms with E-state index in [1.165, 1.54) is 6.92 Å². The summed E-state index contributed by atoms with van der Waals surface area (Å²) >= 11 is 0. The SMILES string of the molecule is CC(=O)Oc1c(C)c(C)c2c(c1C)C=C(C(=O)Nc1ccccc1-c1ccccn1)CO2. The van der Waals surface area contributed by atoms with E-state index in [1.54, 1.807) is 6.20 Å². The van der Waals surface area contributed by atoms with E-state index in [0.29, 0.717) is 22.8 Å². The highest BCUT2D eigenvalue weighted by molar-refractivity contribution is 6.09. The number of hydrogen-bond acceptors (Lipinski definition) is 5. The summed E-state index contributed by atoms with van der Waals surface area (Å²) in [6.45, 7) is 7.20. The highest BCUT2D eigenvalue weighted by Gasteiger charge is 2.25. The number of ether oxygens (including phenoxy) is 2. The number of aromatic nitrogens is 1. The molecule has 0 radical (unpaired) electrons. The lowest BCUT2D eigenvalue weighted by Gasteiger charge is -2.24. The Labute approximate surface area is 186 Å². The first-order valence-electron chi connectivity index (χ1n) is 10.3. The van der Waals surface area contributed by atoms with Gasteiger partial charge in [-0.3, -0.25) is 14.6 Å². The number of fused-ring (bicyclic) bond motifs is 1. The Morgan fingerprint density at radius 3 is 2.47 bits per heavy atom. The van der Waals surface area contributed by atoms with Crippen molar-refractivity contribution >= 4 is 23.6 Å². The Hall–Kier alpha value is -3.93. The minimum absolute atomic E-state index is 0.150. The summed E-state index contributed by atoms with van der Waals surface area (Å²) in [7, 11) is 0. The van der Waals surface area contributed by atoms with Gasteiger partial charge in [-0.2, -0.15) is 0 Å². The molecule has 4 rings (SSSR count). The minimum Gasteiger partial charge on any atom is -0.488 e. The van der Waals surface area contributed by atoms with Crippen molar-refractivity contribution in [3.63, 3.8) is 0 Å². The number of carbonyl (C=O) groups excluding carboxylic acids is 2. The molecular formula is C26H24N2O4. The van der Waals surface area contributed by atoms with Crippen molar-refractivity contribution in [2.45, 2.75) is 27.7 Å². The lowest BCUT2D eigenvalue weighted by Crippen LogP contribution is -2.22. The first-order valence-corrected chi connectivity index (χ1v) is 10.3. The van der Waals surface area contributed by atoms with Crippen LogP contribution in [0.4, 0.5) is 5.69 Å². The lowest BCUT2D eigenvalue weighted by atomic mass is 9.94. The van der Waals surface area contributed by atoms with Gasteiger partial charge in [0.25, 0.3) is 5.91 Å². The summed E-state index contributed by atoms with van der Waals surface area (Å²) in [6, 6.07) is 13.2. The first-order chi connectivity index (χ1) is 15.4. The zero-order chi connectivity index (χ0) is 22.8. The summed E-state index contributed by atoms with van der Waals surface area (Å²) in [5.41, 5.74) is 6.00. The van der Waals surface area contributed by atoms with Crippen LogP contribution in [0.1, 0.15) is 29.2 Å². The summed E-state index contributed by atoms with van der Waals surface area (Å²) < 4.78 is 11.4. The molecule has 0 saturated carbocycles. The molecule has 1 aliphatic heterocycles. The van der Waals surface area contributed by atoms with Crippen LogP contribution in [0.15, 0.2) is 54.2 Å². The van der Waals surface area contributed by atoms with Gasteiger partial charge in [-0.15, -0.1) is 0 Å². The van der Waals surface area contributed by atoms with E-state index in [0.717, 1.165) is 33.5 Å². The largest absolute Gasteiger partial charge is 0.488 e. The fourth-order valence-corrected chi connectivity index (χ4v) is 3.81. The van der Waals surface area contributed by atoms with Crippen LogP contribution < -0.4 is 14.8 Å². The quantitative estimate of drug-likeness (QED) is 0.467. The van der Waals surface area contributed by atoms with Gasteiger partial charge in [-0.1, -0.05) is 24.3 Å². The smallest absolute Gasteiger partial charge is 0.308 e. The van der Waals surface area contributed by atoms with Gasteiger partial charge in [0.2, 0.25) is 0 Å². The number of benzene rings is 2. The molecule has 2 aromatic carbocycles. The van der Waals surface area contributed by atoms with E-state index in [4.69, 9.17) is 9.47 Å². The number of anilines is 1. The molecule has 0 unspecified atom stereocenters. The van der Waals surface area contributed by atoms with Gasteiger partial charge in [-0.05, 0) is 56.2 Å². The molecule has 1 aromatic heterocycles. The maximum Gasteiger partial charge on any atom is 0.308 e. The molecule has 0 fully saturated rings. The molecule has 1 aliphatic rings. The zero-order valence-electron chi connectivity index (χ0n) is 18.5. The van der Waals surface area contributed by atoms with Gasteiger partial charge in [0, 0.05) is 29.8 Å². The van der Waals surface area contributed by atoms with E-state index in [2.05, 4.69) is 10.3 Å².